The Morgan fingerprint density at radius 2 is 1.65 bits per heavy atom. The highest BCUT2D eigenvalue weighted by molar-refractivity contribution is 4.84. The summed E-state index contributed by atoms with van der Waals surface area (Å²) in [6.45, 7) is 10.8. The maximum Gasteiger partial charge on any atom is 0.110 e. The van der Waals surface area contributed by atoms with Crippen LogP contribution >= 0.6 is 0 Å². The molecule has 0 bridgehead atoms. The molecule has 0 spiro atoms. The van der Waals surface area contributed by atoms with Crippen molar-refractivity contribution in [1.82, 2.24) is 9.80 Å². The van der Waals surface area contributed by atoms with Gasteiger partial charge in [0.2, 0.25) is 0 Å². The molecule has 2 aliphatic rings. The van der Waals surface area contributed by atoms with E-state index in [0.29, 0.717) is 0 Å². The standard InChI is InChI=1S/C14H27FN2/c1-3-16-8-4-13(5-9-16)12-17-10-6-14(2,15)7-11-17/h13H,3-12H2,1-2H3. The van der Waals surface area contributed by atoms with E-state index in [1.54, 1.807) is 6.92 Å². The average molecular weight is 242 g/mol. The number of hydrogen-bond acceptors (Lipinski definition) is 2. The lowest BCUT2D eigenvalue weighted by atomic mass is 9.92. The zero-order chi connectivity index (χ0) is 12.3. The van der Waals surface area contributed by atoms with E-state index in [2.05, 4.69) is 16.7 Å². The fourth-order valence-corrected chi connectivity index (χ4v) is 3.05. The zero-order valence-corrected chi connectivity index (χ0v) is 11.4. The van der Waals surface area contributed by atoms with Gasteiger partial charge in [-0.2, -0.15) is 0 Å². The normalized spacial score (nSPS) is 28.4. The molecule has 2 fully saturated rings. The van der Waals surface area contributed by atoms with Crippen molar-refractivity contribution in [3.8, 4) is 0 Å². The molecular weight excluding hydrogens is 215 g/mol. The molecular formula is C14H27FN2. The Bertz CT molecular complexity index is 224. The maximum atomic E-state index is 13.7. The van der Waals surface area contributed by atoms with Crippen LogP contribution in [0.1, 0.15) is 39.5 Å². The molecule has 0 aliphatic carbocycles. The van der Waals surface area contributed by atoms with Gasteiger partial charge < -0.3 is 9.80 Å². The first-order chi connectivity index (χ1) is 8.09. The summed E-state index contributed by atoms with van der Waals surface area (Å²) in [4.78, 5) is 5.01. The van der Waals surface area contributed by atoms with Crippen LogP contribution in [0.25, 0.3) is 0 Å². The second kappa shape index (κ2) is 5.66. The molecule has 2 heterocycles. The van der Waals surface area contributed by atoms with Gasteiger partial charge in [0.15, 0.2) is 0 Å². The summed E-state index contributed by atoms with van der Waals surface area (Å²) in [7, 11) is 0. The van der Waals surface area contributed by atoms with Crippen molar-refractivity contribution in [3.63, 3.8) is 0 Å². The lowest BCUT2D eigenvalue weighted by molar-refractivity contribution is 0.0571. The topological polar surface area (TPSA) is 6.48 Å². The van der Waals surface area contributed by atoms with E-state index >= 15 is 0 Å². The number of alkyl halides is 1. The lowest BCUT2D eigenvalue weighted by Gasteiger charge is -2.38. The minimum absolute atomic E-state index is 0.723. The van der Waals surface area contributed by atoms with Gasteiger partial charge in [-0.3, -0.25) is 0 Å². The van der Waals surface area contributed by atoms with Crippen LogP contribution in [0.4, 0.5) is 4.39 Å². The van der Waals surface area contributed by atoms with E-state index in [-0.39, 0.29) is 0 Å². The summed E-state index contributed by atoms with van der Waals surface area (Å²) in [5, 5.41) is 0. The third-order valence-corrected chi connectivity index (χ3v) is 4.57. The van der Waals surface area contributed by atoms with Gasteiger partial charge in [0.05, 0.1) is 0 Å². The molecule has 0 unspecified atom stereocenters. The molecule has 3 heteroatoms. The molecule has 2 saturated heterocycles. The number of rotatable bonds is 3. The van der Waals surface area contributed by atoms with Gasteiger partial charge in [-0.25, -0.2) is 4.39 Å². The maximum absolute atomic E-state index is 13.7. The highest BCUT2D eigenvalue weighted by Crippen LogP contribution is 2.27. The Morgan fingerprint density at radius 3 is 2.18 bits per heavy atom. The Morgan fingerprint density at radius 1 is 1.06 bits per heavy atom. The van der Waals surface area contributed by atoms with Gasteiger partial charge in [0.25, 0.3) is 0 Å². The Labute approximate surface area is 105 Å². The van der Waals surface area contributed by atoms with Gasteiger partial charge in [-0.1, -0.05) is 6.92 Å². The Kier molecular flexibility index (Phi) is 4.42. The predicted octanol–water partition coefficient (Wildman–Crippen LogP) is 2.54. The molecule has 17 heavy (non-hydrogen) atoms. The molecule has 100 valence electrons. The fourth-order valence-electron chi connectivity index (χ4n) is 3.05. The second-order valence-corrected chi connectivity index (χ2v) is 6.09. The van der Waals surface area contributed by atoms with Crippen molar-refractivity contribution in [2.24, 2.45) is 5.92 Å². The smallest absolute Gasteiger partial charge is 0.110 e. The van der Waals surface area contributed by atoms with Gasteiger partial charge in [0, 0.05) is 19.6 Å². The summed E-state index contributed by atoms with van der Waals surface area (Å²) in [5.41, 5.74) is -0.901. The molecule has 0 aromatic rings. The van der Waals surface area contributed by atoms with Crippen LogP contribution in [0.3, 0.4) is 0 Å². The number of piperidine rings is 2. The van der Waals surface area contributed by atoms with E-state index in [1.807, 2.05) is 0 Å². The van der Waals surface area contributed by atoms with Gasteiger partial charge in [-0.05, 0) is 58.2 Å². The Balaban J connectivity index is 1.69. The number of halogens is 1. The molecule has 0 amide bonds. The first-order valence-corrected chi connectivity index (χ1v) is 7.23. The van der Waals surface area contributed by atoms with Crippen LogP contribution < -0.4 is 0 Å². The summed E-state index contributed by atoms with van der Waals surface area (Å²) in [5.74, 6) is 0.849. The van der Waals surface area contributed by atoms with Crippen molar-refractivity contribution in [1.29, 1.82) is 0 Å². The molecule has 2 nitrogen and oxygen atoms in total. The molecule has 2 rings (SSSR count). The zero-order valence-electron chi connectivity index (χ0n) is 11.4. The highest BCUT2D eigenvalue weighted by atomic mass is 19.1. The van der Waals surface area contributed by atoms with Crippen LogP contribution in [0.15, 0.2) is 0 Å². The van der Waals surface area contributed by atoms with E-state index in [4.69, 9.17) is 0 Å². The summed E-state index contributed by atoms with van der Waals surface area (Å²) >= 11 is 0. The number of hydrogen-bond donors (Lipinski definition) is 0. The predicted molar refractivity (Wildman–Crippen MR) is 70.0 cm³/mol. The quantitative estimate of drug-likeness (QED) is 0.750. The third-order valence-electron chi connectivity index (χ3n) is 4.57. The van der Waals surface area contributed by atoms with E-state index in [0.717, 1.165) is 31.8 Å². The molecule has 0 N–H and O–H groups in total. The lowest BCUT2D eigenvalue weighted by Crippen LogP contribution is -2.44. The summed E-state index contributed by atoms with van der Waals surface area (Å²) in [6, 6.07) is 0. The van der Waals surface area contributed by atoms with E-state index < -0.39 is 5.67 Å². The molecule has 0 aromatic heterocycles. The van der Waals surface area contributed by atoms with Crippen molar-refractivity contribution >= 4 is 0 Å². The third kappa shape index (κ3) is 3.92. The fraction of sp³-hybridized carbons (Fsp3) is 1.00. The van der Waals surface area contributed by atoms with Crippen LogP contribution in [-0.4, -0.2) is 54.7 Å². The molecule has 0 aromatic carbocycles. The van der Waals surface area contributed by atoms with Gasteiger partial charge in [0.1, 0.15) is 5.67 Å². The minimum atomic E-state index is -0.901. The van der Waals surface area contributed by atoms with Crippen molar-refractivity contribution in [2.45, 2.75) is 45.2 Å². The summed E-state index contributed by atoms with van der Waals surface area (Å²) < 4.78 is 13.7. The number of likely N-dealkylation sites (tertiary alicyclic amines) is 2. The van der Waals surface area contributed by atoms with Crippen molar-refractivity contribution < 1.29 is 4.39 Å². The van der Waals surface area contributed by atoms with Crippen LogP contribution in [0.2, 0.25) is 0 Å². The van der Waals surface area contributed by atoms with Crippen LogP contribution in [0, 0.1) is 5.92 Å². The molecule has 0 atom stereocenters. The minimum Gasteiger partial charge on any atom is -0.304 e. The first-order valence-electron chi connectivity index (χ1n) is 7.23. The van der Waals surface area contributed by atoms with Gasteiger partial charge >= 0.3 is 0 Å². The Hall–Kier alpha value is -0.150. The molecule has 0 saturated carbocycles. The highest BCUT2D eigenvalue weighted by Gasteiger charge is 2.30. The van der Waals surface area contributed by atoms with Crippen LogP contribution in [-0.2, 0) is 0 Å². The van der Waals surface area contributed by atoms with Gasteiger partial charge in [-0.15, -0.1) is 0 Å². The first kappa shape index (κ1) is 13.3. The van der Waals surface area contributed by atoms with Crippen molar-refractivity contribution in [3.05, 3.63) is 0 Å². The van der Waals surface area contributed by atoms with E-state index in [1.165, 1.54) is 39.0 Å². The monoisotopic (exact) mass is 242 g/mol. The molecule has 0 radical (unpaired) electrons. The van der Waals surface area contributed by atoms with E-state index in [9.17, 15) is 4.39 Å². The largest absolute Gasteiger partial charge is 0.304 e. The second-order valence-electron chi connectivity index (χ2n) is 6.09. The summed E-state index contributed by atoms with van der Waals surface area (Å²) in [6.07, 6.45) is 4.11. The van der Waals surface area contributed by atoms with Crippen molar-refractivity contribution in [2.75, 3.05) is 39.3 Å². The number of nitrogens with zero attached hydrogens (tertiary/aromatic N) is 2. The SMILES string of the molecule is CCN1CCC(CN2CCC(C)(F)CC2)CC1. The average Bonchev–Trinajstić information content (AvgIpc) is 2.33. The van der Waals surface area contributed by atoms with Crippen LogP contribution in [0.5, 0.6) is 0 Å². The molecule has 2 aliphatic heterocycles.